The maximum atomic E-state index is 12.9. The molecule has 0 aromatic heterocycles. The van der Waals surface area contributed by atoms with Crippen molar-refractivity contribution in [2.75, 3.05) is 13.2 Å². The number of esters is 3. The lowest BCUT2D eigenvalue weighted by Gasteiger charge is -2.18. The largest absolute Gasteiger partial charge is 0.462 e. The minimum absolute atomic E-state index is 0.0882. The normalized spacial score (nSPS) is 12.7. The van der Waals surface area contributed by atoms with Crippen LogP contribution < -0.4 is 0 Å². The van der Waals surface area contributed by atoms with Crippen molar-refractivity contribution in [3.8, 4) is 0 Å². The lowest BCUT2D eigenvalue weighted by Crippen LogP contribution is -2.30. The van der Waals surface area contributed by atoms with E-state index in [0.29, 0.717) is 19.3 Å². The van der Waals surface area contributed by atoms with Gasteiger partial charge < -0.3 is 14.2 Å². The van der Waals surface area contributed by atoms with Crippen LogP contribution in [0.25, 0.3) is 0 Å². The van der Waals surface area contributed by atoms with Gasteiger partial charge in [-0.3, -0.25) is 14.4 Å². The van der Waals surface area contributed by atoms with E-state index in [0.717, 1.165) is 109 Å². The second-order valence-corrected chi connectivity index (χ2v) is 18.8. The molecule has 1 atom stereocenters. The van der Waals surface area contributed by atoms with Crippen molar-refractivity contribution in [1.82, 2.24) is 0 Å². The molecule has 0 aliphatic rings. The Labute approximate surface area is 420 Å². The Kier molecular flexibility index (Phi) is 53.4. The first-order valence-corrected chi connectivity index (χ1v) is 28.6. The van der Waals surface area contributed by atoms with Gasteiger partial charge in [-0.1, -0.05) is 228 Å². The highest BCUT2D eigenvalue weighted by atomic mass is 16.6. The van der Waals surface area contributed by atoms with Crippen LogP contribution >= 0.6 is 0 Å². The van der Waals surface area contributed by atoms with E-state index < -0.39 is 6.10 Å². The highest BCUT2D eigenvalue weighted by Crippen LogP contribution is 2.15. The number of hydrogen-bond acceptors (Lipinski definition) is 6. The van der Waals surface area contributed by atoms with Crippen LogP contribution in [0.2, 0.25) is 0 Å². The number of rotatable bonds is 51. The number of hydrogen-bond donors (Lipinski definition) is 0. The van der Waals surface area contributed by atoms with Gasteiger partial charge in [-0.25, -0.2) is 0 Å². The maximum Gasteiger partial charge on any atom is 0.306 e. The summed E-state index contributed by atoms with van der Waals surface area (Å²) in [7, 11) is 0. The van der Waals surface area contributed by atoms with Crippen molar-refractivity contribution >= 4 is 17.9 Å². The van der Waals surface area contributed by atoms with Crippen LogP contribution in [0.4, 0.5) is 0 Å². The minimum atomic E-state index is -0.791. The highest BCUT2D eigenvalue weighted by molar-refractivity contribution is 5.71. The van der Waals surface area contributed by atoms with Crippen molar-refractivity contribution in [2.45, 2.75) is 277 Å². The summed E-state index contributed by atoms with van der Waals surface area (Å²) in [6.07, 6.45) is 72.8. The molecule has 0 radical (unpaired) electrons. The summed E-state index contributed by atoms with van der Waals surface area (Å²) in [5.41, 5.74) is 0. The summed E-state index contributed by atoms with van der Waals surface area (Å²) in [5, 5.41) is 0. The van der Waals surface area contributed by atoms with E-state index in [4.69, 9.17) is 14.2 Å². The highest BCUT2D eigenvalue weighted by Gasteiger charge is 2.19. The molecule has 0 aromatic rings. The maximum absolute atomic E-state index is 12.9. The van der Waals surface area contributed by atoms with Gasteiger partial charge in [-0.15, -0.1) is 0 Å². The van der Waals surface area contributed by atoms with Crippen LogP contribution in [0.15, 0.2) is 85.1 Å². The average molecular weight is 948 g/mol. The number of ether oxygens (including phenoxy) is 3. The lowest BCUT2D eigenvalue weighted by molar-refractivity contribution is -0.167. The first-order chi connectivity index (χ1) is 33.5. The van der Waals surface area contributed by atoms with E-state index >= 15 is 0 Å². The van der Waals surface area contributed by atoms with Crippen LogP contribution in [0.1, 0.15) is 271 Å². The summed E-state index contributed by atoms with van der Waals surface area (Å²) in [6.45, 7) is 6.40. The molecule has 390 valence electrons. The van der Waals surface area contributed by atoms with E-state index in [2.05, 4.69) is 106 Å². The second-order valence-electron chi connectivity index (χ2n) is 18.8. The number of unbranched alkanes of at least 4 members (excludes halogenated alkanes) is 26. The van der Waals surface area contributed by atoms with E-state index in [-0.39, 0.29) is 31.1 Å². The summed E-state index contributed by atoms with van der Waals surface area (Å²) in [5.74, 6) is -0.915. The first kappa shape index (κ1) is 64.6. The number of carbonyl (C=O) groups is 3. The molecule has 68 heavy (non-hydrogen) atoms. The Morgan fingerprint density at radius 3 is 0.912 bits per heavy atom. The third-order valence-electron chi connectivity index (χ3n) is 12.1. The molecule has 0 aliphatic heterocycles. The molecule has 0 amide bonds. The smallest absolute Gasteiger partial charge is 0.306 e. The Hall–Kier alpha value is -3.41. The van der Waals surface area contributed by atoms with Gasteiger partial charge >= 0.3 is 17.9 Å². The van der Waals surface area contributed by atoms with Crippen molar-refractivity contribution in [2.24, 2.45) is 0 Å². The zero-order chi connectivity index (χ0) is 49.3. The minimum Gasteiger partial charge on any atom is -0.462 e. The van der Waals surface area contributed by atoms with Crippen LogP contribution in [0.3, 0.4) is 0 Å². The topological polar surface area (TPSA) is 78.9 Å². The molecule has 6 heteroatoms. The average Bonchev–Trinajstić information content (AvgIpc) is 3.34. The molecule has 0 heterocycles. The Balaban J connectivity index is 4.40. The van der Waals surface area contributed by atoms with Gasteiger partial charge in [0.25, 0.3) is 0 Å². The summed E-state index contributed by atoms with van der Waals surface area (Å²) < 4.78 is 16.8. The molecule has 0 bridgehead atoms. The van der Waals surface area contributed by atoms with Gasteiger partial charge in [-0.2, -0.15) is 0 Å². The van der Waals surface area contributed by atoms with Crippen molar-refractivity contribution in [3.05, 3.63) is 85.1 Å². The molecule has 1 unspecified atom stereocenters. The summed E-state index contributed by atoms with van der Waals surface area (Å²) in [4.78, 5) is 38.2. The van der Waals surface area contributed by atoms with Crippen molar-refractivity contribution in [3.63, 3.8) is 0 Å². The predicted octanol–water partition coefficient (Wildman–Crippen LogP) is 19.2. The molecule has 0 aliphatic carbocycles. The molecular formula is C62H106O6. The lowest BCUT2D eigenvalue weighted by atomic mass is 10.1. The fourth-order valence-corrected chi connectivity index (χ4v) is 7.88. The Morgan fingerprint density at radius 2 is 0.574 bits per heavy atom. The third kappa shape index (κ3) is 53.5. The SMILES string of the molecule is CC/C=C\C/C=C\C/C=C\CCCCCCCCCCCC(=O)OCC(COC(=O)CCCCCC/C=C\C/C=C\C/C=C\CC)OC(=O)CCCCCCCCC/C=C\CCCCCCCC. The summed E-state index contributed by atoms with van der Waals surface area (Å²) >= 11 is 0. The number of allylic oxidation sites excluding steroid dienone is 14. The molecule has 0 saturated carbocycles. The van der Waals surface area contributed by atoms with Gasteiger partial charge in [0.05, 0.1) is 0 Å². The zero-order valence-electron chi connectivity index (χ0n) is 44.6. The first-order valence-electron chi connectivity index (χ1n) is 28.6. The third-order valence-corrected chi connectivity index (χ3v) is 12.1. The number of carbonyl (C=O) groups excluding carboxylic acids is 3. The zero-order valence-corrected chi connectivity index (χ0v) is 44.6. The molecule has 0 N–H and O–H groups in total. The van der Waals surface area contributed by atoms with Gasteiger partial charge in [0.1, 0.15) is 13.2 Å². The molecule has 0 saturated heterocycles. The Bertz CT molecular complexity index is 1320. The van der Waals surface area contributed by atoms with E-state index in [1.165, 1.54) is 122 Å². The molecule has 0 fully saturated rings. The fraction of sp³-hybridized carbons (Fsp3) is 0.726. The summed E-state index contributed by atoms with van der Waals surface area (Å²) in [6, 6.07) is 0. The van der Waals surface area contributed by atoms with Crippen LogP contribution in [0.5, 0.6) is 0 Å². The molecule has 6 nitrogen and oxygen atoms in total. The fourth-order valence-electron chi connectivity index (χ4n) is 7.88. The van der Waals surface area contributed by atoms with Crippen molar-refractivity contribution in [1.29, 1.82) is 0 Å². The van der Waals surface area contributed by atoms with E-state index in [1.54, 1.807) is 0 Å². The van der Waals surface area contributed by atoms with Gasteiger partial charge in [0.15, 0.2) is 6.10 Å². The van der Waals surface area contributed by atoms with Crippen LogP contribution in [-0.4, -0.2) is 37.2 Å². The van der Waals surface area contributed by atoms with E-state index in [9.17, 15) is 14.4 Å². The van der Waals surface area contributed by atoms with Gasteiger partial charge in [0, 0.05) is 19.3 Å². The Morgan fingerprint density at radius 1 is 0.309 bits per heavy atom. The predicted molar refractivity (Wildman–Crippen MR) is 293 cm³/mol. The monoisotopic (exact) mass is 947 g/mol. The second kappa shape index (κ2) is 56.2. The van der Waals surface area contributed by atoms with Crippen LogP contribution in [0, 0.1) is 0 Å². The standard InChI is InChI=1S/C62H106O6/c1-4-7-10-13-16-19-22-25-28-30-31-33-34-37-40-43-46-49-52-55-61(64)67-58-59(57-66-60(63)54-51-48-45-42-39-36-27-24-21-18-15-12-9-6-3)68-62(65)56-53-50-47-44-41-38-35-32-29-26-23-20-17-14-11-8-5-2/h7,9-10,12,16,18-19,21,25-29,36,59H,4-6,8,11,13-15,17,20,22-24,30-35,37-58H2,1-3H3/b10-7-,12-9-,19-16-,21-18-,28-25-,29-26-,36-27-. The van der Waals surface area contributed by atoms with E-state index in [1.807, 2.05) is 0 Å². The van der Waals surface area contributed by atoms with Gasteiger partial charge in [0.2, 0.25) is 0 Å². The molecular weight excluding hydrogens is 841 g/mol. The van der Waals surface area contributed by atoms with Crippen LogP contribution in [-0.2, 0) is 28.6 Å². The quantitative estimate of drug-likeness (QED) is 0.0262. The molecule has 0 spiro atoms. The molecule has 0 rings (SSSR count). The molecule has 0 aromatic carbocycles. The van der Waals surface area contributed by atoms with Crippen molar-refractivity contribution < 1.29 is 28.6 Å². The van der Waals surface area contributed by atoms with Gasteiger partial charge in [-0.05, 0) is 109 Å².